The van der Waals surface area contributed by atoms with Crippen molar-refractivity contribution in [3.8, 4) is 11.4 Å². The molecule has 1 aromatic carbocycles. The van der Waals surface area contributed by atoms with Crippen LogP contribution in [0.1, 0.15) is 22.7 Å². The highest BCUT2D eigenvalue weighted by atomic mass is 16.1. The molecular formula is C23H16N8O. The van der Waals surface area contributed by atoms with Crippen molar-refractivity contribution < 1.29 is 0 Å². The van der Waals surface area contributed by atoms with E-state index in [2.05, 4.69) is 25.3 Å². The summed E-state index contributed by atoms with van der Waals surface area (Å²) in [6, 6.07) is 11.2. The van der Waals surface area contributed by atoms with Gasteiger partial charge in [0.1, 0.15) is 11.5 Å². The van der Waals surface area contributed by atoms with Crippen LogP contribution in [0.25, 0.3) is 28.0 Å². The van der Waals surface area contributed by atoms with Crippen LogP contribution < -0.4 is 5.56 Å². The highest BCUT2D eigenvalue weighted by Gasteiger charge is 2.32. The number of hydrogen-bond acceptors (Lipinski definition) is 6. The summed E-state index contributed by atoms with van der Waals surface area (Å²) in [6.45, 7) is 0. The Labute approximate surface area is 181 Å². The van der Waals surface area contributed by atoms with Crippen molar-refractivity contribution in [2.45, 2.75) is 5.92 Å². The fraction of sp³-hybridized carbons (Fsp3) is 0.0435. The lowest BCUT2D eigenvalue weighted by molar-refractivity contribution is 0.874. The van der Waals surface area contributed by atoms with Crippen molar-refractivity contribution in [3.63, 3.8) is 0 Å². The van der Waals surface area contributed by atoms with Crippen LogP contribution in [0, 0.1) is 5.41 Å². The minimum Gasteiger partial charge on any atom is -0.306 e. The molecule has 3 N–H and O–H groups in total. The summed E-state index contributed by atoms with van der Waals surface area (Å²) < 4.78 is 1.67. The van der Waals surface area contributed by atoms with Gasteiger partial charge in [-0.2, -0.15) is 10.2 Å². The number of hydrogen-bond donors (Lipinski definition) is 3. The largest absolute Gasteiger partial charge is 0.306 e. The average Bonchev–Trinajstić information content (AvgIpc) is 3.52. The number of aromatic amines is 2. The van der Waals surface area contributed by atoms with Gasteiger partial charge in [-0.15, -0.1) is 0 Å². The first-order valence-corrected chi connectivity index (χ1v) is 9.98. The highest BCUT2D eigenvalue weighted by molar-refractivity contribution is 6.11. The molecule has 1 aliphatic rings. The Balaban J connectivity index is 1.61. The molecule has 0 radical (unpaired) electrons. The fourth-order valence-electron chi connectivity index (χ4n) is 4.13. The van der Waals surface area contributed by atoms with Crippen LogP contribution in [0.2, 0.25) is 0 Å². The lowest BCUT2D eigenvalue weighted by atomic mass is 9.83. The molecule has 0 spiro atoms. The number of H-pyrrole nitrogens is 2. The molecule has 1 aliphatic carbocycles. The third kappa shape index (κ3) is 2.72. The van der Waals surface area contributed by atoms with Gasteiger partial charge in [0.05, 0.1) is 28.7 Å². The second-order valence-electron chi connectivity index (χ2n) is 7.45. The van der Waals surface area contributed by atoms with Crippen molar-refractivity contribution in [3.05, 3.63) is 101 Å². The van der Waals surface area contributed by atoms with Gasteiger partial charge in [0, 0.05) is 41.7 Å². The zero-order valence-corrected chi connectivity index (χ0v) is 16.6. The summed E-state index contributed by atoms with van der Waals surface area (Å²) in [5.74, 6) is -0.0711. The Hall–Kier alpha value is -4.66. The van der Waals surface area contributed by atoms with E-state index in [1.165, 1.54) is 0 Å². The molecule has 0 saturated carbocycles. The molecule has 5 aromatic rings. The zero-order chi connectivity index (χ0) is 21.7. The number of nitrogens with one attached hydrogen (secondary N) is 3. The normalized spacial score (nSPS) is 15.6. The molecule has 9 heteroatoms. The van der Waals surface area contributed by atoms with Gasteiger partial charge in [0.2, 0.25) is 0 Å². The molecule has 1 unspecified atom stereocenters. The molecule has 0 aliphatic heterocycles. The molecule has 6 rings (SSSR count). The standard InChI is InChI=1S/C23H16N8O/c24-20-15(14-5-1-6-17-16(14)12-26-30-17)10-18(31-9-3-8-27-31)21-19(20)23(32)29-22(28-21)13-4-2-7-25-11-13/h1-12,15,24H,(H,26,30)(H,28,29,32). The van der Waals surface area contributed by atoms with Gasteiger partial charge in [-0.25, -0.2) is 9.67 Å². The van der Waals surface area contributed by atoms with Gasteiger partial charge in [-0.3, -0.25) is 14.9 Å². The maximum atomic E-state index is 13.2. The van der Waals surface area contributed by atoms with Crippen molar-refractivity contribution in [1.82, 2.24) is 34.9 Å². The van der Waals surface area contributed by atoms with E-state index >= 15 is 0 Å². The zero-order valence-electron chi connectivity index (χ0n) is 16.6. The number of rotatable bonds is 3. The first kappa shape index (κ1) is 18.1. The highest BCUT2D eigenvalue weighted by Crippen LogP contribution is 2.36. The van der Waals surface area contributed by atoms with E-state index in [4.69, 9.17) is 10.4 Å². The maximum absolute atomic E-state index is 13.2. The summed E-state index contributed by atoms with van der Waals surface area (Å²) in [4.78, 5) is 24.9. The Morgan fingerprint density at radius 1 is 1.06 bits per heavy atom. The van der Waals surface area contributed by atoms with E-state index in [1.807, 2.05) is 30.3 Å². The predicted octanol–water partition coefficient (Wildman–Crippen LogP) is 2.96. The summed E-state index contributed by atoms with van der Waals surface area (Å²) in [5, 5.41) is 21.3. The summed E-state index contributed by atoms with van der Waals surface area (Å²) in [7, 11) is 0. The molecule has 32 heavy (non-hydrogen) atoms. The first-order chi connectivity index (χ1) is 15.7. The second-order valence-corrected chi connectivity index (χ2v) is 7.45. The van der Waals surface area contributed by atoms with Crippen LogP contribution in [0.5, 0.6) is 0 Å². The smallest absolute Gasteiger partial charge is 0.260 e. The molecule has 0 bridgehead atoms. The van der Waals surface area contributed by atoms with Crippen LogP contribution in [0.15, 0.2) is 78.3 Å². The predicted molar refractivity (Wildman–Crippen MR) is 119 cm³/mol. The molecule has 4 aromatic heterocycles. The Morgan fingerprint density at radius 3 is 2.81 bits per heavy atom. The topological polar surface area (TPSA) is 129 Å². The van der Waals surface area contributed by atoms with Crippen molar-refractivity contribution in [1.29, 1.82) is 5.41 Å². The monoisotopic (exact) mass is 420 g/mol. The lowest BCUT2D eigenvalue weighted by Crippen LogP contribution is -2.30. The van der Waals surface area contributed by atoms with Gasteiger partial charge < -0.3 is 10.4 Å². The Morgan fingerprint density at radius 2 is 2.00 bits per heavy atom. The number of fused-ring (bicyclic) bond motifs is 2. The van der Waals surface area contributed by atoms with Crippen LogP contribution in [0.4, 0.5) is 0 Å². The van der Waals surface area contributed by atoms with Crippen LogP contribution in [-0.2, 0) is 0 Å². The molecule has 154 valence electrons. The van der Waals surface area contributed by atoms with E-state index in [9.17, 15) is 4.79 Å². The Kier molecular flexibility index (Phi) is 3.94. The van der Waals surface area contributed by atoms with Crippen molar-refractivity contribution in [2.75, 3.05) is 0 Å². The molecule has 4 heterocycles. The number of nitrogens with zero attached hydrogens (tertiary/aromatic N) is 5. The number of aromatic nitrogens is 7. The Bertz CT molecular complexity index is 1560. The van der Waals surface area contributed by atoms with Gasteiger partial charge in [0.15, 0.2) is 0 Å². The number of benzene rings is 1. The van der Waals surface area contributed by atoms with E-state index in [0.717, 1.165) is 16.5 Å². The van der Waals surface area contributed by atoms with Crippen LogP contribution in [0.3, 0.4) is 0 Å². The quantitative estimate of drug-likeness (QED) is 0.413. The third-order valence-electron chi connectivity index (χ3n) is 5.61. The van der Waals surface area contributed by atoms with Gasteiger partial charge in [0.25, 0.3) is 5.56 Å². The lowest BCUT2D eigenvalue weighted by Gasteiger charge is -2.25. The maximum Gasteiger partial charge on any atom is 0.260 e. The number of pyridine rings is 1. The SMILES string of the molecule is N=C1c2c(nc(-c3cccnc3)[nH]c2=O)C(n2cccn2)=CC1c1cccc2[nH]ncc12. The molecular weight excluding hydrogens is 404 g/mol. The van der Waals surface area contributed by atoms with E-state index in [1.54, 1.807) is 47.8 Å². The summed E-state index contributed by atoms with van der Waals surface area (Å²) in [6.07, 6.45) is 10.4. The minimum atomic E-state index is -0.463. The third-order valence-corrected chi connectivity index (χ3v) is 5.61. The van der Waals surface area contributed by atoms with E-state index in [-0.39, 0.29) is 16.8 Å². The molecule has 0 saturated heterocycles. The van der Waals surface area contributed by atoms with E-state index in [0.29, 0.717) is 22.8 Å². The van der Waals surface area contributed by atoms with Crippen LogP contribution >= 0.6 is 0 Å². The number of allylic oxidation sites excluding steroid dienone is 1. The molecule has 0 fully saturated rings. The second kappa shape index (κ2) is 6.95. The average molecular weight is 420 g/mol. The summed E-state index contributed by atoms with van der Waals surface area (Å²) in [5.41, 5.74) is 3.53. The van der Waals surface area contributed by atoms with Gasteiger partial charge >= 0.3 is 0 Å². The van der Waals surface area contributed by atoms with Crippen molar-refractivity contribution in [2.24, 2.45) is 0 Å². The van der Waals surface area contributed by atoms with Crippen LogP contribution in [-0.4, -0.2) is 40.6 Å². The van der Waals surface area contributed by atoms with Gasteiger partial charge in [-0.05, 0) is 35.9 Å². The molecule has 0 amide bonds. The fourth-order valence-corrected chi connectivity index (χ4v) is 4.13. The first-order valence-electron chi connectivity index (χ1n) is 9.98. The molecule has 1 atom stereocenters. The van der Waals surface area contributed by atoms with E-state index < -0.39 is 5.92 Å². The minimum absolute atomic E-state index is 0.177. The molecule has 9 nitrogen and oxygen atoms in total. The van der Waals surface area contributed by atoms with Gasteiger partial charge in [-0.1, -0.05) is 12.1 Å². The van der Waals surface area contributed by atoms with Crippen molar-refractivity contribution >= 4 is 22.3 Å². The summed E-state index contributed by atoms with van der Waals surface area (Å²) >= 11 is 0.